The van der Waals surface area contributed by atoms with E-state index in [4.69, 9.17) is 16.3 Å². The van der Waals surface area contributed by atoms with Gasteiger partial charge in [-0.05, 0) is 49.7 Å². The fourth-order valence-electron chi connectivity index (χ4n) is 1.87. The van der Waals surface area contributed by atoms with Gasteiger partial charge in [-0.15, -0.1) is 0 Å². The lowest BCUT2D eigenvalue weighted by molar-refractivity contribution is 0.140. The van der Waals surface area contributed by atoms with Gasteiger partial charge in [-0.25, -0.2) is 4.98 Å². The van der Waals surface area contributed by atoms with Gasteiger partial charge in [0.1, 0.15) is 11.6 Å². The van der Waals surface area contributed by atoms with E-state index in [9.17, 15) is 0 Å². The second-order valence-corrected chi connectivity index (χ2v) is 6.04. The van der Waals surface area contributed by atoms with Gasteiger partial charge in [-0.1, -0.05) is 11.6 Å². The predicted molar refractivity (Wildman–Crippen MR) is 79.4 cm³/mol. The van der Waals surface area contributed by atoms with Crippen LogP contribution >= 0.6 is 27.5 Å². The summed E-state index contributed by atoms with van der Waals surface area (Å²) in [6, 6.07) is 2.79. The molecule has 5 heteroatoms. The molecule has 102 valence electrons. The summed E-state index contributed by atoms with van der Waals surface area (Å²) in [5.74, 6) is 0.493. The zero-order chi connectivity index (χ0) is 13.7. The number of hydrogen-bond donors (Lipinski definition) is 0. The number of rotatable bonds is 6. The van der Waals surface area contributed by atoms with Gasteiger partial charge in [0, 0.05) is 29.3 Å². The summed E-state index contributed by atoms with van der Waals surface area (Å²) in [7, 11) is 0. The Bertz CT molecular complexity index is 377. The van der Waals surface area contributed by atoms with Crippen molar-refractivity contribution in [3.05, 3.63) is 21.8 Å². The molecule has 0 aliphatic rings. The van der Waals surface area contributed by atoms with Crippen molar-refractivity contribution in [1.82, 2.24) is 9.88 Å². The zero-order valence-electron chi connectivity index (χ0n) is 11.3. The van der Waals surface area contributed by atoms with Crippen LogP contribution in [0.25, 0.3) is 0 Å². The van der Waals surface area contributed by atoms with Gasteiger partial charge in [-0.3, -0.25) is 4.90 Å². The van der Waals surface area contributed by atoms with E-state index in [2.05, 4.69) is 53.5 Å². The lowest BCUT2D eigenvalue weighted by atomic mass is 10.2. The molecule has 1 aromatic rings. The molecule has 0 saturated heterocycles. The summed E-state index contributed by atoms with van der Waals surface area (Å²) in [5, 5.41) is 0.532. The van der Waals surface area contributed by atoms with Gasteiger partial charge in [0.15, 0.2) is 0 Å². The molecular weight excluding hydrogens is 316 g/mol. The van der Waals surface area contributed by atoms with Crippen LogP contribution in [0.4, 0.5) is 0 Å². The third-order valence-corrected chi connectivity index (χ3v) is 3.39. The Hall–Kier alpha value is -0.320. The minimum absolute atomic E-state index is 0.493. The summed E-state index contributed by atoms with van der Waals surface area (Å²) in [6.07, 6.45) is 1.68. The Balaban J connectivity index is 2.50. The summed E-state index contributed by atoms with van der Waals surface area (Å²) in [5.41, 5.74) is 0. The van der Waals surface area contributed by atoms with Crippen LogP contribution in [0, 0.1) is 0 Å². The lowest BCUT2D eigenvalue weighted by Crippen LogP contribution is -2.39. The zero-order valence-corrected chi connectivity index (χ0v) is 13.6. The van der Waals surface area contributed by atoms with E-state index < -0.39 is 0 Å². The van der Waals surface area contributed by atoms with E-state index >= 15 is 0 Å². The summed E-state index contributed by atoms with van der Waals surface area (Å²) >= 11 is 9.35. The molecule has 0 spiro atoms. The van der Waals surface area contributed by atoms with Gasteiger partial charge in [0.25, 0.3) is 0 Å². The van der Waals surface area contributed by atoms with Crippen molar-refractivity contribution in [2.45, 2.75) is 39.8 Å². The highest BCUT2D eigenvalue weighted by atomic mass is 79.9. The molecule has 1 heterocycles. The van der Waals surface area contributed by atoms with Crippen molar-refractivity contribution in [3.63, 3.8) is 0 Å². The van der Waals surface area contributed by atoms with E-state index in [1.165, 1.54) is 0 Å². The van der Waals surface area contributed by atoms with Crippen molar-refractivity contribution >= 4 is 27.5 Å². The van der Waals surface area contributed by atoms with E-state index in [-0.39, 0.29) is 0 Å². The molecule has 0 fully saturated rings. The fourth-order valence-corrected chi connectivity index (χ4v) is 2.55. The molecule has 0 atom stereocenters. The molecule has 0 aromatic carbocycles. The summed E-state index contributed by atoms with van der Waals surface area (Å²) < 4.78 is 6.47. The van der Waals surface area contributed by atoms with Crippen LogP contribution in [-0.4, -0.2) is 35.1 Å². The number of halogens is 2. The maximum absolute atomic E-state index is 6.04. The lowest BCUT2D eigenvalue weighted by Gasteiger charge is -2.30. The van der Waals surface area contributed by atoms with Crippen LogP contribution in [0.15, 0.2) is 16.7 Å². The molecular formula is C13H20BrClN2O. The highest BCUT2D eigenvalue weighted by molar-refractivity contribution is 9.10. The second-order valence-electron chi connectivity index (χ2n) is 4.71. The van der Waals surface area contributed by atoms with Crippen molar-refractivity contribution in [2.24, 2.45) is 0 Å². The first-order valence-electron chi connectivity index (χ1n) is 6.11. The highest BCUT2D eigenvalue weighted by Crippen LogP contribution is 2.24. The molecule has 0 amide bonds. The van der Waals surface area contributed by atoms with Crippen LogP contribution < -0.4 is 4.74 Å². The molecule has 18 heavy (non-hydrogen) atoms. The number of ether oxygens (including phenoxy) is 1. The maximum atomic E-state index is 6.04. The third-order valence-electron chi connectivity index (χ3n) is 2.69. The van der Waals surface area contributed by atoms with Gasteiger partial charge in [0.2, 0.25) is 5.88 Å². The predicted octanol–water partition coefficient (Wildman–Crippen LogP) is 4.00. The molecule has 0 bridgehead atoms. The first-order valence-corrected chi connectivity index (χ1v) is 7.28. The molecule has 0 N–H and O–H groups in total. The Labute approximate surface area is 123 Å². The van der Waals surface area contributed by atoms with Gasteiger partial charge in [-0.2, -0.15) is 0 Å². The average Bonchev–Trinajstić information content (AvgIpc) is 2.25. The molecule has 3 nitrogen and oxygen atoms in total. The minimum atomic E-state index is 0.493. The topological polar surface area (TPSA) is 25.4 Å². The molecule has 0 aliphatic heterocycles. The van der Waals surface area contributed by atoms with Crippen LogP contribution in [0.3, 0.4) is 0 Å². The monoisotopic (exact) mass is 334 g/mol. The molecule has 0 radical (unpaired) electrons. The highest BCUT2D eigenvalue weighted by Gasteiger charge is 2.13. The van der Waals surface area contributed by atoms with Crippen molar-refractivity contribution in [3.8, 4) is 5.88 Å². The van der Waals surface area contributed by atoms with Crippen molar-refractivity contribution in [2.75, 3.05) is 13.2 Å². The number of nitrogens with zero attached hydrogens (tertiary/aromatic N) is 2. The van der Waals surface area contributed by atoms with Crippen LogP contribution in [0.2, 0.25) is 5.02 Å². The quantitative estimate of drug-likeness (QED) is 0.786. The average molecular weight is 336 g/mol. The summed E-state index contributed by atoms with van der Waals surface area (Å²) in [6.45, 7) is 10.2. The number of pyridine rings is 1. The van der Waals surface area contributed by atoms with E-state index in [0.717, 1.165) is 11.0 Å². The van der Waals surface area contributed by atoms with Gasteiger partial charge < -0.3 is 4.74 Å². The maximum Gasteiger partial charge on any atom is 0.232 e. The number of aromatic nitrogens is 1. The molecule has 1 aromatic heterocycles. The first-order chi connectivity index (χ1) is 8.41. The smallest absolute Gasteiger partial charge is 0.232 e. The molecule has 0 unspecified atom stereocenters. The second kappa shape index (κ2) is 7.31. The SMILES string of the molecule is CC(C)N(CCOc1ncc(Br)cc1Cl)C(C)C. The van der Waals surface area contributed by atoms with E-state index in [1.807, 2.05) is 0 Å². The Kier molecular flexibility index (Phi) is 6.39. The standard InChI is InChI=1S/C13H20BrClN2O/c1-9(2)17(10(3)4)5-6-18-13-12(15)7-11(14)8-16-13/h7-10H,5-6H2,1-4H3. The van der Waals surface area contributed by atoms with Crippen LogP contribution in [-0.2, 0) is 0 Å². The van der Waals surface area contributed by atoms with E-state index in [0.29, 0.717) is 29.6 Å². The van der Waals surface area contributed by atoms with Crippen LogP contribution in [0.1, 0.15) is 27.7 Å². The molecule has 0 saturated carbocycles. The van der Waals surface area contributed by atoms with Gasteiger partial charge >= 0.3 is 0 Å². The first kappa shape index (κ1) is 15.7. The summed E-state index contributed by atoms with van der Waals surface area (Å²) in [4.78, 5) is 6.51. The van der Waals surface area contributed by atoms with E-state index in [1.54, 1.807) is 12.3 Å². The van der Waals surface area contributed by atoms with Gasteiger partial charge in [0.05, 0.1) is 0 Å². The molecule has 0 aliphatic carbocycles. The minimum Gasteiger partial charge on any atom is -0.475 e. The fraction of sp³-hybridized carbons (Fsp3) is 0.615. The number of hydrogen-bond acceptors (Lipinski definition) is 3. The van der Waals surface area contributed by atoms with Crippen LogP contribution in [0.5, 0.6) is 5.88 Å². The Morgan fingerprint density at radius 2 is 1.94 bits per heavy atom. The Morgan fingerprint density at radius 1 is 1.33 bits per heavy atom. The normalized spacial score (nSPS) is 11.6. The molecule has 1 rings (SSSR count). The largest absolute Gasteiger partial charge is 0.475 e. The van der Waals surface area contributed by atoms with Crippen molar-refractivity contribution < 1.29 is 4.74 Å². The van der Waals surface area contributed by atoms with Crippen molar-refractivity contribution in [1.29, 1.82) is 0 Å². The third kappa shape index (κ3) is 4.75. The Morgan fingerprint density at radius 3 is 2.44 bits per heavy atom.